The first-order chi connectivity index (χ1) is 18.2. The van der Waals surface area contributed by atoms with E-state index in [1.807, 2.05) is 0 Å². The van der Waals surface area contributed by atoms with Gasteiger partial charge in [-0.3, -0.25) is 24.2 Å². The second-order valence-electron chi connectivity index (χ2n) is 11.6. The smallest absolute Gasteiger partial charge is 0.255 e. The molecule has 0 aromatic heterocycles. The van der Waals surface area contributed by atoms with Gasteiger partial charge in [0.05, 0.1) is 11.6 Å². The number of likely N-dealkylation sites (N-methyl/N-ethyl adjacent to an activating group) is 1. The van der Waals surface area contributed by atoms with Gasteiger partial charge in [-0.2, -0.15) is 0 Å². The van der Waals surface area contributed by atoms with Gasteiger partial charge in [-0.15, -0.1) is 0 Å². The van der Waals surface area contributed by atoms with E-state index in [9.17, 15) is 34.8 Å². The van der Waals surface area contributed by atoms with E-state index >= 15 is 0 Å². The molecule has 0 bridgehead atoms. The zero-order valence-electron chi connectivity index (χ0n) is 22.4. The highest BCUT2D eigenvalue weighted by Gasteiger charge is 2.64. The molecule has 4 aliphatic rings. The van der Waals surface area contributed by atoms with E-state index in [0.29, 0.717) is 34.8 Å². The molecule has 39 heavy (non-hydrogen) atoms. The highest BCUT2D eigenvalue weighted by molar-refractivity contribution is 6.32. The van der Waals surface area contributed by atoms with Crippen molar-refractivity contribution in [1.82, 2.24) is 9.80 Å². The number of aliphatic hydroxyl groups is 3. The Hall–Kier alpha value is -2.92. The first-order valence-corrected chi connectivity index (χ1v) is 13.5. The van der Waals surface area contributed by atoms with Crippen LogP contribution in [0, 0.1) is 11.8 Å². The molecular weight excluding hydrogens is 526 g/mol. The van der Waals surface area contributed by atoms with Crippen molar-refractivity contribution in [1.29, 1.82) is 0 Å². The maximum atomic E-state index is 13.9. The maximum Gasteiger partial charge on any atom is 0.255 e. The Morgan fingerprint density at radius 3 is 2.36 bits per heavy atom. The number of hydrogen-bond acceptors (Lipinski definition) is 9. The number of carbonyl (C=O) groups is 3. The Morgan fingerprint density at radius 2 is 1.79 bits per heavy atom. The van der Waals surface area contributed by atoms with Crippen LogP contribution in [-0.2, 0) is 27.3 Å². The number of Topliss-reactive ketones (excluding diaryl/α,β-unsaturated/α-hetero) is 2. The van der Waals surface area contributed by atoms with Gasteiger partial charge in [-0.25, -0.2) is 0 Å². The fourth-order valence-electron chi connectivity index (χ4n) is 7.22. The molecule has 3 aliphatic carbocycles. The Labute approximate surface area is 231 Å². The first kappa shape index (κ1) is 27.6. The number of halogens is 1. The summed E-state index contributed by atoms with van der Waals surface area (Å²) < 4.78 is 0. The Kier molecular flexibility index (Phi) is 6.61. The highest BCUT2D eigenvalue weighted by atomic mass is 35.5. The summed E-state index contributed by atoms with van der Waals surface area (Å²) in [4.78, 5) is 43.0. The number of phenolic OH excluding ortho intramolecular Hbond substituents is 1. The lowest BCUT2D eigenvalue weighted by atomic mass is 9.57. The molecule has 0 unspecified atom stereocenters. The van der Waals surface area contributed by atoms with Crippen LogP contribution in [0.4, 0.5) is 0 Å². The first-order valence-electron chi connectivity index (χ1n) is 13.1. The number of ketones is 2. The predicted octanol–water partition coefficient (Wildman–Crippen LogP) is 1.99. The molecule has 0 spiro atoms. The van der Waals surface area contributed by atoms with Crippen molar-refractivity contribution in [3.8, 4) is 5.75 Å². The number of fused-ring (bicyclic) bond motifs is 3. The van der Waals surface area contributed by atoms with Crippen molar-refractivity contribution in [2.75, 3.05) is 14.1 Å². The van der Waals surface area contributed by atoms with Gasteiger partial charge in [-0.1, -0.05) is 11.6 Å². The molecule has 210 valence electrons. The van der Waals surface area contributed by atoms with E-state index in [2.05, 4.69) is 18.7 Å². The SMILES string of the molecule is C[C@@H]1CC[C@H](C)N1Cc1cc(O)c2c(c1Cl)C[C@H]1C[C@H]3[C@H](N(C)C)C(=O)C(C(N)=O)=C(O)[C@@]3(O)C(=O)C1=C2O. The molecule has 1 heterocycles. The molecule has 1 aromatic rings. The van der Waals surface area contributed by atoms with E-state index < -0.39 is 58.0 Å². The van der Waals surface area contributed by atoms with Crippen LogP contribution >= 0.6 is 11.6 Å². The summed E-state index contributed by atoms with van der Waals surface area (Å²) in [6.45, 7) is 4.80. The lowest BCUT2D eigenvalue weighted by Gasteiger charge is -2.50. The summed E-state index contributed by atoms with van der Waals surface area (Å²) in [5.74, 6) is -6.78. The number of hydrogen-bond donors (Lipinski definition) is 5. The van der Waals surface area contributed by atoms with E-state index in [1.165, 1.54) is 11.0 Å². The van der Waals surface area contributed by atoms with Crippen LogP contribution in [0.5, 0.6) is 5.75 Å². The van der Waals surface area contributed by atoms with Crippen molar-refractivity contribution >= 4 is 34.8 Å². The second kappa shape index (κ2) is 9.33. The predicted molar refractivity (Wildman–Crippen MR) is 143 cm³/mol. The van der Waals surface area contributed by atoms with Crippen molar-refractivity contribution in [3.63, 3.8) is 0 Å². The maximum absolute atomic E-state index is 13.9. The zero-order valence-corrected chi connectivity index (χ0v) is 23.1. The number of phenols is 1. The molecule has 10 nitrogen and oxygen atoms in total. The average Bonchev–Trinajstić information content (AvgIpc) is 3.16. The van der Waals surface area contributed by atoms with Crippen molar-refractivity contribution in [2.45, 2.75) is 69.8 Å². The number of primary amides is 1. The standard InChI is InChI=1S/C28H34ClN3O7/c1-11-5-6-12(2)32(11)10-14-9-17(33)19-15(21(14)29)7-13-8-16-22(31(3)4)24(35)20(27(30)38)26(37)28(16,39)25(36)18(13)23(19)34/h9,11-13,16,22,33-34,37,39H,5-8,10H2,1-4H3,(H2,30,38)/t11-,12+,13-,16-,22-,28-/m0/s1. The quantitative estimate of drug-likeness (QED) is 0.347. The minimum Gasteiger partial charge on any atom is -0.508 e. The van der Waals surface area contributed by atoms with Gasteiger partial charge in [0, 0.05) is 35.1 Å². The number of likely N-dealkylation sites (tertiary alicyclic amines) is 1. The van der Waals surface area contributed by atoms with Crippen LogP contribution < -0.4 is 5.73 Å². The van der Waals surface area contributed by atoms with Gasteiger partial charge in [0.2, 0.25) is 5.78 Å². The molecule has 2 fully saturated rings. The molecule has 1 aromatic carbocycles. The van der Waals surface area contributed by atoms with Crippen LogP contribution in [0.3, 0.4) is 0 Å². The van der Waals surface area contributed by atoms with E-state index in [-0.39, 0.29) is 29.7 Å². The van der Waals surface area contributed by atoms with Gasteiger partial charge in [0.15, 0.2) is 11.4 Å². The molecule has 5 rings (SSSR count). The number of nitrogens with two attached hydrogens (primary N) is 1. The van der Waals surface area contributed by atoms with Gasteiger partial charge >= 0.3 is 0 Å². The highest BCUT2D eigenvalue weighted by Crippen LogP contribution is 2.53. The summed E-state index contributed by atoms with van der Waals surface area (Å²) in [7, 11) is 3.13. The largest absolute Gasteiger partial charge is 0.508 e. The minimum atomic E-state index is -2.66. The normalized spacial score (nSPS) is 32.9. The molecule has 11 heteroatoms. The summed E-state index contributed by atoms with van der Waals surface area (Å²) in [6.07, 6.45) is 2.30. The molecule has 0 radical (unpaired) electrons. The molecule has 6 atom stereocenters. The lowest BCUT2D eigenvalue weighted by Crippen LogP contribution is -2.65. The summed E-state index contributed by atoms with van der Waals surface area (Å²) in [5, 5.41) is 45.3. The fraction of sp³-hybridized carbons (Fsp3) is 0.536. The van der Waals surface area contributed by atoms with Gasteiger partial charge in [0.25, 0.3) is 5.91 Å². The third-order valence-corrected chi connectivity index (χ3v) is 9.69. The Balaban J connectivity index is 1.65. The van der Waals surface area contributed by atoms with Gasteiger partial charge in [0.1, 0.15) is 22.8 Å². The number of nitrogens with zero attached hydrogens (tertiary/aromatic N) is 2. The van der Waals surface area contributed by atoms with Crippen LogP contribution in [-0.4, -0.2) is 85.5 Å². The monoisotopic (exact) mass is 559 g/mol. The van der Waals surface area contributed by atoms with Crippen LogP contribution in [0.25, 0.3) is 5.76 Å². The lowest BCUT2D eigenvalue weighted by molar-refractivity contribution is -0.153. The topological polar surface area (TPSA) is 165 Å². The number of aromatic hydroxyl groups is 1. The second-order valence-corrected chi connectivity index (χ2v) is 12.0. The number of carbonyl (C=O) groups excluding carboxylic acids is 3. The van der Waals surface area contributed by atoms with Crippen molar-refractivity contribution in [2.24, 2.45) is 17.6 Å². The third kappa shape index (κ3) is 3.83. The molecule has 1 saturated carbocycles. The summed E-state index contributed by atoms with van der Waals surface area (Å²) in [5.41, 5.74) is 2.85. The number of amides is 1. The molecule has 1 aliphatic heterocycles. The zero-order chi connectivity index (χ0) is 28.7. The van der Waals surface area contributed by atoms with E-state index in [1.54, 1.807) is 14.1 Å². The van der Waals surface area contributed by atoms with Crippen molar-refractivity contribution in [3.05, 3.63) is 44.7 Å². The summed E-state index contributed by atoms with van der Waals surface area (Å²) in [6, 6.07) is 1.06. The van der Waals surface area contributed by atoms with Gasteiger partial charge < -0.3 is 26.2 Å². The van der Waals surface area contributed by atoms with Crippen LogP contribution in [0.1, 0.15) is 49.8 Å². The fourth-order valence-corrected chi connectivity index (χ4v) is 7.50. The van der Waals surface area contributed by atoms with Gasteiger partial charge in [-0.05, 0) is 76.7 Å². The molecule has 1 saturated heterocycles. The number of aliphatic hydroxyl groups excluding tert-OH is 2. The average molecular weight is 560 g/mol. The van der Waals surface area contributed by atoms with E-state index in [0.717, 1.165) is 12.8 Å². The summed E-state index contributed by atoms with van der Waals surface area (Å²) >= 11 is 6.88. The minimum absolute atomic E-state index is 0.00237. The number of benzene rings is 1. The number of rotatable bonds is 4. The molecular formula is C28H34ClN3O7. The Bertz CT molecular complexity index is 1360. The molecule has 6 N–H and O–H groups in total. The van der Waals surface area contributed by atoms with E-state index in [4.69, 9.17) is 17.3 Å². The van der Waals surface area contributed by atoms with Crippen LogP contribution in [0.2, 0.25) is 5.02 Å². The molecule has 1 amide bonds. The third-order valence-electron chi connectivity index (χ3n) is 9.22. The van der Waals surface area contributed by atoms with Crippen molar-refractivity contribution < 1.29 is 34.8 Å². The van der Waals surface area contributed by atoms with Crippen LogP contribution in [0.15, 0.2) is 23.0 Å². The Morgan fingerprint density at radius 1 is 1.18 bits per heavy atom.